The van der Waals surface area contributed by atoms with Crippen molar-refractivity contribution < 1.29 is 9.53 Å². The number of rotatable bonds is 21. The van der Waals surface area contributed by atoms with E-state index in [1.54, 1.807) is 0 Å². The first kappa shape index (κ1) is 26.4. The van der Waals surface area contributed by atoms with Crippen LogP contribution in [-0.2, 0) is 9.53 Å². The molecule has 0 aromatic rings. The molecule has 0 aromatic heterocycles. The van der Waals surface area contributed by atoms with Gasteiger partial charge in [-0.2, -0.15) is 0 Å². The molecule has 2 nitrogen and oxygen atoms in total. The lowest BCUT2D eigenvalue weighted by Crippen LogP contribution is -2.05. The van der Waals surface area contributed by atoms with E-state index in [0.717, 1.165) is 23.5 Å². The van der Waals surface area contributed by atoms with Crippen molar-refractivity contribution in [1.29, 1.82) is 0 Å². The van der Waals surface area contributed by atoms with Crippen LogP contribution in [0, 0.1) is 0 Å². The van der Waals surface area contributed by atoms with Gasteiger partial charge in [-0.05, 0) is 25.7 Å². The molecule has 0 bridgehead atoms. The van der Waals surface area contributed by atoms with Crippen molar-refractivity contribution in [2.24, 2.45) is 0 Å². The number of carbonyl (C=O) groups is 1. The fourth-order valence-corrected chi connectivity index (χ4v) is 3.91. The maximum Gasteiger partial charge on any atom is 0.305 e. The van der Waals surface area contributed by atoms with Gasteiger partial charge in [0.25, 0.3) is 0 Å². The lowest BCUT2D eigenvalue weighted by Gasteiger charge is -2.05. The fourth-order valence-electron chi connectivity index (χ4n) is 3.12. The summed E-state index contributed by atoms with van der Waals surface area (Å²) in [5, 5.41) is 2.27. The molecule has 0 aromatic carbocycles. The van der Waals surface area contributed by atoms with Crippen molar-refractivity contribution in [3.05, 3.63) is 0 Å². The second-order valence-corrected chi connectivity index (χ2v) is 8.94. The van der Waals surface area contributed by atoms with Gasteiger partial charge in [0, 0.05) is 17.1 Å². The van der Waals surface area contributed by atoms with Crippen LogP contribution in [0.2, 0.25) is 0 Å². The second kappa shape index (κ2) is 23.5. The molecule has 0 radical (unpaired) electrons. The molecule has 0 aliphatic rings. The van der Waals surface area contributed by atoms with Gasteiger partial charge in [-0.1, -0.05) is 115 Å². The van der Waals surface area contributed by atoms with Gasteiger partial charge in [-0.3, -0.25) is 4.79 Å². The summed E-state index contributed by atoms with van der Waals surface area (Å²) in [4.78, 5) is 11.7. The van der Waals surface area contributed by atoms with E-state index in [1.807, 2.05) is 0 Å². The molecular weight excluding hydrogens is 456 g/mol. The molecule has 0 rings (SSSR count). The normalized spacial score (nSPS) is 11.0. The minimum atomic E-state index is 0.00844. The molecule has 0 saturated carbocycles. The maximum absolute atomic E-state index is 11.7. The summed E-state index contributed by atoms with van der Waals surface area (Å²) in [5.74, 6) is 0.00844. The molecule has 4 heteroatoms. The molecule has 0 fully saturated rings. The van der Waals surface area contributed by atoms with E-state index in [1.165, 1.54) is 96.3 Å². The highest BCUT2D eigenvalue weighted by molar-refractivity contribution is 9.09. The molecule has 0 amide bonds. The molecule has 0 spiro atoms. The highest BCUT2D eigenvalue weighted by atomic mass is 79.9. The Morgan fingerprint density at radius 1 is 0.500 bits per heavy atom. The third kappa shape index (κ3) is 22.5. The Morgan fingerprint density at radius 2 is 0.846 bits per heavy atom. The number of carbonyl (C=O) groups excluding carboxylic acids is 1. The van der Waals surface area contributed by atoms with Crippen molar-refractivity contribution in [3.63, 3.8) is 0 Å². The van der Waals surface area contributed by atoms with Gasteiger partial charge >= 0.3 is 5.97 Å². The summed E-state index contributed by atoms with van der Waals surface area (Å²) in [5.41, 5.74) is 0. The predicted octanol–water partition coefficient (Wildman–Crippen LogP) is 8.34. The molecule has 26 heavy (non-hydrogen) atoms. The first-order chi connectivity index (χ1) is 12.8. The number of alkyl halides is 2. The second-order valence-electron chi connectivity index (χ2n) is 7.36. The molecule has 0 aliphatic carbocycles. The number of esters is 1. The van der Waals surface area contributed by atoms with Crippen LogP contribution < -0.4 is 0 Å². The first-order valence-electron chi connectivity index (χ1n) is 11.1. The predicted molar refractivity (Wildman–Crippen MR) is 122 cm³/mol. The number of hydrogen-bond acceptors (Lipinski definition) is 2. The number of ether oxygens (including phenoxy) is 1. The standard InChI is InChI=1S/C22H42Br2O2/c23-19-15-11-7-3-1-5-9-13-17-21-26-22(25)18-14-10-6-2-4-8-12-16-20-24/h1-21H2. The van der Waals surface area contributed by atoms with Crippen molar-refractivity contribution in [2.75, 3.05) is 17.3 Å². The van der Waals surface area contributed by atoms with Gasteiger partial charge < -0.3 is 4.74 Å². The van der Waals surface area contributed by atoms with Gasteiger partial charge in [-0.15, -0.1) is 0 Å². The lowest BCUT2D eigenvalue weighted by atomic mass is 10.1. The van der Waals surface area contributed by atoms with Gasteiger partial charge in [0.2, 0.25) is 0 Å². The topological polar surface area (TPSA) is 26.3 Å². The van der Waals surface area contributed by atoms with Crippen molar-refractivity contribution >= 4 is 37.8 Å². The largest absolute Gasteiger partial charge is 0.466 e. The molecule has 0 aliphatic heterocycles. The lowest BCUT2D eigenvalue weighted by molar-refractivity contribution is -0.143. The van der Waals surface area contributed by atoms with Crippen LogP contribution >= 0.6 is 31.9 Å². The Morgan fingerprint density at radius 3 is 1.27 bits per heavy atom. The van der Waals surface area contributed by atoms with Gasteiger partial charge in [-0.25, -0.2) is 0 Å². The molecule has 0 atom stereocenters. The summed E-state index contributed by atoms with van der Waals surface area (Å²) in [6.07, 6.45) is 22.3. The fraction of sp³-hybridized carbons (Fsp3) is 0.955. The zero-order valence-corrected chi connectivity index (χ0v) is 20.1. The maximum atomic E-state index is 11.7. The van der Waals surface area contributed by atoms with Crippen LogP contribution in [0.1, 0.15) is 116 Å². The van der Waals surface area contributed by atoms with Crippen LogP contribution in [0.4, 0.5) is 0 Å². The third-order valence-corrected chi connectivity index (χ3v) is 5.93. The van der Waals surface area contributed by atoms with Crippen molar-refractivity contribution in [3.8, 4) is 0 Å². The molecule has 0 saturated heterocycles. The summed E-state index contributed by atoms with van der Waals surface area (Å²) in [7, 11) is 0. The van der Waals surface area contributed by atoms with E-state index in [-0.39, 0.29) is 5.97 Å². The van der Waals surface area contributed by atoms with Crippen LogP contribution in [0.15, 0.2) is 0 Å². The SMILES string of the molecule is O=C(CCCCCCCCCCBr)OCCCCCCCCCCCBr. The average molecular weight is 498 g/mol. The van der Waals surface area contributed by atoms with Crippen LogP contribution in [0.25, 0.3) is 0 Å². The minimum absolute atomic E-state index is 0.00844. The first-order valence-corrected chi connectivity index (χ1v) is 13.3. The smallest absolute Gasteiger partial charge is 0.305 e. The van der Waals surface area contributed by atoms with Crippen LogP contribution in [0.3, 0.4) is 0 Å². The third-order valence-electron chi connectivity index (χ3n) is 4.81. The average Bonchev–Trinajstić information content (AvgIpc) is 2.64. The van der Waals surface area contributed by atoms with Gasteiger partial charge in [0.05, 0.1) is 6.61 Å². The number of unbranched alkanes of at least 4 members (excludes halogenated alkanes) is 15. The van der Waals surface area contributed by atoms with Crippen LogP contribution in [-0.4, -0.2) is 23.2 Å². The van der Waals surface area contributed by atoms with E-state index in [0.29, 0.717) is 13.0 Å². The Labute approximate surface area is 179 Å². The zero-order chi connectivity index (χ0) is 19.1. The molecule has 0 heterocycles. The summed E-state index contributed by atoms with van der Waals surface area (Å²) < 4.78 is 5.34. The molecule has 0 unspecified atom stereocenters. The van der Waals surface area contributed by atoms with E-state index in [4.69, 9.17) is 4.74 Å². The van der Waals surface area contributed by atoms with Crippen molar-refractivity contribution in [2.45, 2.75) is 116 Å². The van der Waals surface area contributed by atoms with Crippen molar-refractivity contribution in [1.82, 2.24) is 0 Å². The Kier molecular flexibility index (Phi) is 23.9. The van der Waals surface area contributed by atoms with E-state index in [2.05, 4.69) is 31.9 Å². The highest BCUT2D eigenvalue weighted by Gasteiger charge is 2.02. The van der Waals surface area contributed by atoms with E-state index >= 15 is 0 Å². The van der Waals surface area contributed by atoms with Gasteiger partial charge in [0.15, 0.2) is 0 Å². The number of halogens is 2. The summed E-state index contributed by atoms with van der Waals surface area (Å²) >= 11 is 6.94. The zero-order valence-electron chi connectivity index (χ0n) is 16.9. The number of hydrogen-bond donors (Lipinski definition) is 0. The Hall–Kier alpha value is 0.430. The minimum Gasteiger partial charge on any atom is -0.466 e. The molecular formula is C22H42Br2O2. The Balaban J connectivity index is 3.13. The summed E-state index contributed by atoms with van der Waals surface area (Å²) in [6.45, 7) is 0.623. The van der Waals surface area contributed by atoms with Crippen LogP contribution in [0.5, 0.6) is 0 Å². The van der Waals surface area contributed by atoms with Gasteiger partial charge in [0.1, 0.15) is 0 Å². The van der Waals surface area contributed by atoms with E-state index < -0.39 is 0 Å². The van der Waals surface area contributed by atoms with E-state index in [9.17, 15) is 4.79 Å². The highest BCUT2D eigenvalue weighted by Crippen LogP contribution is 2.12. The molecule has 156 valence electrons. The monoisotopic (exact) mass is 496 g/mol. The quantitative estimate of drug-likeness (QED) is 0.0903. The molecule has 0 N–H and O–H groups in total. The Bertz CT molecular complexity index is 285. The summed E-state index contributed by atoms with van der Waals surface area (Å²) in [6, 6.07) is 0.